The summed E-state index contributed by atoms with van der Waals surface area (Å²) < 4.78 is 11.3. The molecule has 3 rings (SSSR count). The molecule has 0 unspecified atom stereocenters. The van der Waals surface area contributed by atoms with Gasteiger partial charge in [0.05, 0.1) is 18.8 Å². The van der Waals surface area contributed by atoms with E-state index in [-0.39, 0.29) is 24.0 Å². The minimum absolute atomic E-state index is 0. The van der Waals surface area contributed by atoms with Crippen LogP contribution in [0.3, 0.4) is 0 Å². The predicted molar refractivity (Wildman–Crippen MR) is 141 cm³/mol. The molecular formula is C23H30IN5O2S. The van der Waals surface area contributed by atoms with Crippen LogP contribution in [0, 0.1) is 0 Å². The van der Waals surface area contributed by atoms with Gasteiger partial charge in [0.2, 0.25) is 5.88 Å². The lowest BCUT2D eigenvalue weighted by molar-refractivity contribution is 0.339. The van der Waals surface area contributed by atoms with Crippen LogP contribution in [-0.4, -0.2) is 29.6 Å². The lowest BCUT2D eigenvalue weighted by Gasteiger charge is -2.12. The minimum atomic E-state index is 0. The summed E-state index contributed by atoms with van der Waals surface area (Å²) in [5, 5.41) is 9.78. The van der Waals surface area contributed by atoms with Gasteiger partial charge in [-0.15, -0.1) is 35.3 Å². The Balaban J connectivity index is 0.00000363. The summed E-state index contributed by atoms with van der Waals surface area (Å²) in [7, 11) is 1.75. The molecule has 2 aromatic heterocycles. The third-order valence-corrected chi connectivity index (χ3v) is 5.28. The number of ether oxygens (including phenoxy) is 2. The Bertz CT molecular complexity index is 992. The number of hydrogen-bond donors (Lipinski definition) is 2. The zero-order chi connectivity index (χ0) is 22.1. The maximum absolute atomic E-state index is 5.86. The SMILES string of the molecule is CCOc1ccc(Oc2cc(CNC(=NC)NCc3nc(C(C)C)cs3)ccn2)cc1.I. The molecule has 0 spiro atoms. The molecule has 0 radical (unpaired) electrons. The van der Waals surface area contributed by atoms with E-state index in [0.29, 0.717) is 43.2 Å². The van der Waals surface area contributed by atoms with Gasteiger partial charge in [-0.1, -0.05) is 13.8 Å². The van der Waals surface area contributed by atoms with Gasteiger partial charge in [0, 0.05) is 31.2 Å². The van der Waals surface area contributed by atoms with Crippen LogP contribution in [0.2, 0.25) is 0 Å². The lowest BCUT2D eigenvalue weighted by Crippen LogP contribution is -2.36. The smallest absolute Gasteiger partial charge is 0.219 e. The summed E-state index contributed by atoms with van der Waals surface area (Å²) >= 11 is 1.66. The standard InChI is InChI=1S/C23H29N5O2S.HI/c1-5-29-18-6-8-19(9-7-18)30-21-12-17(10-11-25-21)13-26-23(24-4)27-14-22-28-20(15-31-22)16(2)3;/h6-12,15-16H,5,13-14H2,1-4H3,(H2,24,26,27);1H. The van der Waals surface area contributed by atoms with Crippen molar-refractivity contribution >= 4 is 41.3 Å². The largest absolute Gasteiger partial charge is 0.494 e. The molecule has 0 aliphatic rings. The monoisotopic (exact) mass is 567 g/mol. The van der Waals surface area contributed by atoms with E-state index in [9.17, 15) is 0 Å². The van der Waals surface area contributed by atoms with Gasteiger partial charge in [-0.2, -0.15) is 0 Å². The fourth-order valence-electron chi connectivity index (χ4n) is 2.74. The van der Waals surface area contributed by atoms with Crippen LogP contribution in [0.5, 0.6) is 17.4 Å². The van der Waals surface area contributed by atoms with Crippen LogP contribution in [0.4, 0.5) is 0 Å². The molecule has 0 saturated heterocycles. The average molecular weight is 567 g/mol. The number of rotatable bonds is 9. The van der Waals surface area contributed by atoms with Crippen LogP contribution in [0.25, 0.3) is 0 Å². The van der Waals surface area contributed by atoms with Crippen molar-refractivity contribution in [1.82, 2.24) is 20.6 Å². The molecule has 1 aromatic carbocycles. The maximum Gasteiger partial charge on any atom is 0.219 e. The number of halogens is 1. The molecule has 32 heavy (non-hydrogen) atoms. The molecule has 2 N–H and O–H groups in total. The van der Waals surface area contributed by atoms with Crippen LogP contribution in [0.15, 0.2) is 53.0 Å². The highest BCUT2D eigenvalue weighted by atomic mass is 127. The van der Waals surface area contributed by atoms with Gasteiger partial charge in [0.15, 0.2) is 5.96 Å². The zero-order valence-corrected chi connectivity index (χ0v) is 21.9. The van der Waals surface area contributed by atoms with Gasteiger partial charge in [0.1, 0.15) is 16.5 Å². The number of thiazole rings is 1. The van der Waals surface area contributed by atoms with Crippen molar-refractivity contribution in [2.24, 2.45) is 4.99 Å². The normalized spacial score (nSPS) is 11.1. The van der Waals surface area contributed by atoms with Crippen molar-refractivity contribution in [3.63, 3.8) is 0 Å². The highest BCUT2D eigenvalue weighted by molar-refractivity contribution is 14.0. The van der Waals surface area contributed by atoms with Crippen molar-refractivity contribution in [3.8, 4) is 17.4 Å². The molecule has 0 aliphatic carbocycles. The van der Waals surface area contributed by atoms with Gasteiger partial charge >= 0.3 is 0 Å². The first-order chi connectivity index (χ1) is 15.1. The van der Waals surface area contributed by atoms with E-state index in [1.54, 1.807) is 24.6 Å². The Morgan fingerprint density at radius 3 is 2.47 bits per heavy atom. The Morgan fingerprint density at radius 1 is 1.09 bits per heavy atom. The number of guanidine groups is 1. The Morgan fingerprint density at radius 2 is 1.81 bits per heavy atom. The molecule has 9 heteroatoms. The zero-order valence-electron chi connectivity index (χ0n) is 18.8. The summed E-state index contributed by atoms with van der Waals surface area (Å²) in [5.74, 6) is 3.22. The van der Waals surface area contributed by atoms with Gasteiger partial charge < -0.3 is 20.1 Å². The number of nitrogens with one attached hydrogen (secondary N) is 2. The number of aromatic nitrogens is 2. The number of nitrogens with zero attached hydrogens (tertiary/aromatic N) is 3. The molecule has 2 heterocycles. The van der Waals surface area contributed by atoms with Crippen molar-refractivity contribution in [1.29, 1.82) is 0 Å². The first kappa shape index (κ1) is 25.9. The summed E-state index contributed by atoms with van der Waals surface area (Å²) in [6.07, 6.45) is 1.74. The molecule has 0 bridgehead atoms. The molecule has 172 valence electrons. The Hall–Kier alpha value is -2.40. The molecule has 3 aromatic rings. The topological polar surface area (TPSA) is 80.7 Å². The van der Waals surface area contributed by atoms with Crippen LogP contribution in [-0.2, 0) is 13.1 Å². The maximum atomic E-state index is 5.86. The first-order valence-corrected chi connectivity index (χ1v) is 11.2. The van der Waals surface area contributed by atoms with Crippen LogP contribution >= 0.6 is 35.3 Å². The number of pyridine rings is 1. The van der Waals surface area contributed by atoms with E-state index < -0.39 is 0 Å². The third kappa shape index (κ3) is 7.94. The second kappa shape index (κ2) is 13.2. The summed E-state index contributed by atoms with van der Waals surface area (Å²) in [4.78, 5) is 13.2. The molecule has 0 fully saturated rings. The van der Waals surface area contributed by atoms with E-state index in [4.69, 9.17) is 9.47 Å². The minimum Gasteiger partial charge on any atom is -0.494 e. The quantitative estimate of drug-likeness (QED) is 0.207. The Kier molecular flexibility index (Phi) is 10.7. The number of benzene rings is 1. The third-order valence-electron chi connectivity index (χ3n) is 4.41. The highest BCUT2D eigenvalue weighted by Gasteiger charge is 2.07. The average Bonchev–Trinajstić information content (AvgIpc) is 3.25. The number of aliphatic imine (C=N–C) groups is 1. The summed E-state index contributed by atoms with van der Waals surface area (Å²) in [6.45, 7) is 8.12. The number of hydrogen-bond acceptors (Lipinski definition) is 6. The molecular weight excluding hydrogens is 537 g/mol. The van der Waals surface area contributed by atoms with Crippen molar-refractivity contribution < 1.29 is 9.47 Å². The molecule has 0 amide bonds. The first-order valence-electron chi connectivity index (χ1n) is 10.3. The summed E-state index contributed by atoms with van der Waals surface area (Å²) in [5.41, 5.74) is 2.16. The van der Waals surface area contributed by atoms with E-state index in [1.807, 2.05) is 43.3 Å². The lowest BCUT2D eigenvalue weighted by atomic mass is 10.2. The highest BCUT2D eigenvalue weighted by Crippen LogP contribution is 2.23. The van der Waals surface area contributed by atoms with Crippen LogP contribution < -0.4 is 20.1 Å². The fraction of sp³-hybridized carbons (Fsp3) is 0.348. The van der Waals surface area contributed by atoms with Gasteiger partial charge in [-0.25, -0.2) is 9.97 Å². The summed E-state index contributed by atoms with van der Waals surface area (Å²) in [6, 6.07) is 11.4. The van der Waals surface area contributed by atoms with Crippen molar-refractivity contribution in [3.05, 3.63) is 64.2 Å². The molecule has 0 aliphatic heterocycles. The second-order valence-corrected chi connectivity index (χ2v) is 8.05. The van der Waals surface area contributed by atoms with Gasteiger partial charge in [-0.05, 0) is 48.7 Å². The van der Waals surface area contributed by atoms with Gasteiger partial charge in [-0.3, -0.25) is 4.99 Å². The van der Waals surface area contributed by atoms with Crippen molar-refractivity contribution in [2.45, 2.75) is 39.8 Å². The van der Waals surface area contributed by atoms with Crippen LogP contribution in [0.1, 0.15) is 43.0 Å². The van der Waals surface area contributed by atoms with Gasteiger partial charge in [0.25, 0.3) is 0 Å². The molecule has 0 atom stereocenters. The Labute approximate surface area is 210 Å². The van der Waals surface area contributed by atoms with E-state index in [1.165, 1.54) is 0 Å². The van der Waals surface area contributed by atoms with E-state index >= 15 is 0 Å². The van der Waals surface area contributed by atoms with Crippen molar-refractivity contribution in [2.75, 3.05) is 13.7 Å². The van der Waals surface area contributed by atoms with E-state index in [0.717, 1.165) is 22.0 Å². The van der Waals surface area contributed by atoms with E-state index in [2.05, 4.69) is 44.8 Å². The second-order valence-electron chi connectivity index (χ2n) is 7.11. The fourth-order valence-corrected chi connectivity index (χ4v) is 3.64. The molecule has 0 saturated carbocycles. The predicted octanol–water partition coefficient (Wildman–Crippen LogP) is 5.34. The molecule has 7 nitrogen and oxygen atoms in total.